The Balaban J connectivity index is 1.57. The molecule has 0 radical (unpaired) electrons. The van der Waals surface area contributed by atoms with Crippen molar-refractivity contribution in [3.8, 4) is 0 Å². The molecule has 1 aromatic heterocycles. The highest BCUT2D eigenvalue weighted by Crippen LogP contribution is 2.31. The maximum Gasteiger partial charge on any atom is 0.258 e. The van der Waals surface area contributed by atoms with Crippen LogP contribution in [0.1, 0.15) is 44.3 Å². The summed E-state index contributed by atoms with van der Waals surface area (Å²) >= 11 is 5.85. The van der Waals surface area contributed by atoms with Gasteiger partial charge < -0.3 is 0 Å². The number of nitrogens with one attached hydrogen (secondary N) is 1. The van der Waals surface area contributed by atoms with Crippen molar-refractivity contribution in [1.82, 2.24) is 9.97 Å². The van der Waals surface area contributed by atoms with Gasteiger partial charge in [0.2, 0.25) is 5.95 Å². The topological polar surface area (TPSA) is 72.0 Å². The zero-order valence-electron chi connectivity index (χ0n) is 14.4. The Morgan fingerprint density at radius 1 is 1.04 bits per heavy atom. The van der Waals surface area contributed by atoms with Crippen LogP contribution < -0.4 is 5.32 Å². The molecule has 1 heterocycles. The minimum Gasteiger partial charge on any atom is -0.294 e. The molecule has 1 amide bonds. The Morgan fingerprint density at radius 3 is 2.52 bits per heavy atom. The third kappa shape index (κ3) is 3.73. The van der Waals surface area contributed by atoms with E-state index in [1.165, 1.54) is 6.20 Å². The average molecular weight is 378 g/mol. The third-order valence-corrected chi connectivity index (χ3v) is 4.89. The first-order valence-electron chi connectivity index (χ1n) is 8.61. The molecular weight excluding hydrogens is 362 g/mol. The van der Waals surface area contributed by atoms with E-state index in [1.807, 2.05) is 30.3 Å². The molecule has 0 aliphatic heterocycles. The number of Topliss-reactive ketones (excluding diaryl/α,β-unsaturated/α-hetero) is 1. The van der Waals surface area contributed by atoms with Gasteiger partial charge in [-0.25, -0.2) is 9.97 Å². The van der Waals surface area contributed by atoms with Crippen molar-refractivity contribution in [3.63, 3.8) is 0 Å². The van der Waals surface area contributed by atoms with E-state index < -0.39 is 0 Å². The fraction of sp³-hybridized carbons (Fsp3) is 0.143. The monoisotopic (exact) mass is 377 g/mol. The van der Waals surface area contributed by atoms with Crippen LogP contribution in [0.4, 0.5) is 5.95 Å². The number of fused-ring (bicyclic) bond motifs is 1. The molecule has 3 aromatic rings. The van der Waals surface area contributed by atoms with E-state index in [9.17, 15) is 9.59 Å². The molecule has 0 saturated heterocycles. The second kappa shape index (κ2) is 7.29. The zero-order chi connectivity index (χ0) is 18.8. The van der Waals surface area contributed by atoms with Crippen LogP contribution in [0.2, 0.25) is 5.02 Å². The highest BCUT2D eigenvalue weighted by molar-refractivity contribution is 6.30. The minimum absolute atomic E-state index is 0.0284. The van der Waals surface area contributed by atoms with Gasteiger partial charge in [-0.15, -0.1) is 0 Å². The van der Waals surface area contributed by atoms with Gasteiger partial charge in [0.05, 0.1) is 11.3 Å². The van der Waals surface area contributed by atoms with Crippen molar-refractivity contribution >= 4 is 29.2 Å². The Morgan fingerprint density at radius 2 is 1.78 bits per heavy atom. The van der Waals surface area contributed by atoms with Crippen LogP contribution in [-0.4, -0.2) is 21.7 Å². The van der Waals surface area contributed by atoms with Crippen LogP contribution in [0, 0.1) is 0 Å². The van der Waals surface area contributed by atoms with Crippen molar-refractivity contribution in [2.75, 3.05) is 5.32 Å². The number of rotatable bonds is 3. The molecule has 0 bridgehead atoms. The summed E-state index contributed by atoms with van der Waals surface area (Å²) in [5.41, 5.74) is 2.77. The highest BCUT2D eigenvalue weighted by atomic mass is 35.5. The summed E-state index contributed by atoms with van der Waals surface area (Å²) in [6.07, 6.45) is 2.58. The SMILES string of the molecule is O=C(Nc1ncc2c(n1)C[C@@H](c1ccccc1)CC2=O)c1ccc(Cl)cc1. The van der Waals surface area contributed by atoms with Crippen molar-refractivity contribution in [2.45, 2.75) is 18.8 Å². The lowest BCUT2D eigenvalue weighted by Gasteiger charge is -2.23. The minimum atomic E-state index is -0.326. The van der Waals surface area contributed by atoms with Gasteiger partial charge in [-0.1, -0.05) is 41.9 Å². The van der Waals surface area contributed by atoms with E-state index in [0.717, 1.165) is 5.56 Å². The fourth-order valence-electron chi connectivity index (χ4n) is 3.24. The van der Waals surface area contributed by atoms with E-state index in [-0.39, 0.29) is 23.6 Å². The van der Waals surface area contributed by atoms with E-state index in [4.69, 9.17) is 11.6 Å². The van der Waals surface area contributed by atoms with E-state index in [1.54, 1.807) is 24.3 Å². The van der Waals surface area contributed by atoms with Crippen LogP contribution in [0.3, 0.4) is 0 Å². The first-order valence-corrected chi connectivity index (χ1v) is 8.99. The summed E-state index contributed by atoms with van der Waals surface area (Å²) in [4.78, 5) is 33.4. The van der Waals surface area contributed by atoms with Crippen LogP contribution in [0.15, 0.2) is 60.8 Å². The molecule has 1 aliphatic rings. The van der Waals surface area contributed by atoms with Gasteiger partial charge in [0.15, 0.2) is 5.78 Å². The Bertz CT molecular complexity index is 1000. The molecule has 0 saturated carbocycles. The molecule has 1 N–H and O–H groups in total. The molecule has 0 unspecified atom stereocenters. The van der Waals surface area contributed by atoms with E-state index >= 15 is 0 Å². The van der Waals surface area contributed by atoms with Crippen LogP contribution >= 0.6 is 11.6 Å². The first-order chi connectivity index (χ1) is 13.1. The standard InChI is InChI=1S/C21H16ClN3O2/c22-16-8-6-14(7-9-16)20(27)25-21-23-12-17-18(24-21)10-15(11-19(17)26)13-4-2-1-3-5-13/h1-9,12,15H,10-11H2,(H,23,24,25,27)/t15-/m1/s1. The normalized spacial score (nSPS) is 15.9. The Labute approximate surface area is 161 Å². The summed E-state index contributed by atoms with van der Waals surface area (Å²) in [5.74, 6) is -0.0230. The lowest BCUT2D eigenvalue weighted by Crippen LogP contribution is -2.22. The summed E-state index contributed by atoms with van der Waals surface area (Å²) in [5, 5.41) is 3.24. The molecule has 0 spiro atoms. The van der Waals surface area contributed by atoms with Gasteiger partial charge in [0.1, 0.15) is 0 Å². The van der Waals surface area contributed by atoms with E-state index in [2.05, 4.69) is 15.3 Å². The predicted molar refractivity (Wildman–Crippen MR) is 103 cm³/mol. The Kier molecular flexibility index (Phi) is 4.69. The number of benzene rings is 2. The van der Waals surface area contributed by atoms with Crippen molar-refractivity contribution in [1.29, 1.82) is 0 Å². The molecule has 27 heavy (non-hydrogen) atoms. The first kappa shape index (κ1) is 17.4. The molecule has 0 fully saturated rings. The Hall–Kier alpha value is -3.05. The van der Waals surface area contributed by atoms with Crippen LogP contribution in [0.5, 0.6) is 0 Å². The van der Waals surface area contributed by atoms with Gasteiger partial charge >= 0.3 is 0 Å². The average Bonchev–Trinajstić information content (AvgIpc) is 2.69. The third-order valence-electron chi connectivity index (χ3n) is 4.64. The van der Waals surface area contributed by atoms with E-state index in [0.29, 0.717) is 34.7 Å². The number of halogens is 1. The second-order valence-electron chi connectivity index (χ2n) is 6.45. The quantitative estimate of drug-likeness (QED) is 0.738. The van der Waals surface area contributed by atoms with Crippen molar-refractivity contribution in [2.24, 2.45) is 0 Å². The lowest BCUT2D eigenvalue weighted by molar-refractivity contribution is 0.0962. The number of hydrogen-bond donors (Lipinski definition) is 1. The highest BCUT2D eigenvalue weighted by Gasteiger charge is 2.28. The largest absolute Gasteiger partial charge is 0.294 e. The lowest BCUT2D eigenvalue weighted by atomic mass is 9.82. The molecule has 4 rings (SSSR count). The number of carbonyl (C=O) groups is 2. The maximum atomic E-state index is 12.5. The molecule has 1 aliphatic carbocycles. The summed E-state index contributed by atoms with van der Waals surface area (Å²) in [6, 6.07) is 16.5. The maximum absolute atomic E-state index is 12.5. The molecule has 2 aromatic carbocycles. The summed E-state index contributed by atoms with van der Waals surface area (Å²) in [7, 11) is 0. The molecular formula is C21H16ClN3O2. The molecule has 134 valence electrons. The van der Waals surface area contributed by atoms with Gasteiger partial charge in [0, 0.05) is 23.2 Å². The number of hydrogen-bond acceptors (Lipinski definition) is 4. The second-order valence-corrected chi connectivity index (χ2v) is 6.89. The van der Waals surface area contributed by atoms with Crippen molar-refractivity contribution < 1.29 is 9.59 Å². The number of aromatic nitrogens is 2. The van der Waals surface area contributed by atoms with Gasteiger partial charge in [0.25, 0.3) is 5.91 Å². The predicted octanol–water partition coefficient (Wildman–Crippen LogP) is 4.30. The van der Waals surface area contributed by atoms with Gasteiger partial charge in [-0.05, 0) is 42.2 Å². The van der Waals surface area contributed by atoms with Gasteiger partial charge in [-0.2, -0.15) is 0 Å². The number of nitrogens with zero attached hydrogens (tertiary/aromatic N) is 2. The number of carbonyl (C=O) groups excluding carboxylic acids is 2. The van der Waals surface area contributed by atoms with Crippen molar-refractivity contribution in [3.05, 3.63) is 88.2 Å². The van der Waals surface area contributed by atoms with Crippen LogP contribution in [0.25, 0.3) is 0 Å². The number of ketones is 1. The van der Waals surface area contributed by atoms with Crippen LogP contribution in [-0.2, 0) is 6.42 Å². The van der Waals surface area contributed by atoms with Gasteiger partial charge in [-0.3, -0.25) is 14.9 Å². The number of amides is 1. The smallest absolute Gasteiger partial charge is 0.258 e. The summed E-state index contributed by atoms with van der Waals surface area (Å²) in [6.45, 7) is 0. The summed E-state index contributed by atoms with van der Waals surface area (Å²) < 4.78 is 0. The molecule has 1 atom stereocenters. The zero-order valence-corrected chi connectivity index (χ0v) is 15.1. The number of anilines is 1. The molecule has 6 heteroatoms. The fourth-order valence-corrected chi connectivity index (χ4v) is 3.37. The molecule has 5 nitrogen and oxygen atoms in total.